The summed E-state index contributed by atoms with van der Waals surface area (Å²) in [6.45, 7) is 0. The molecular formula is C9H6Cl2N2O. The van der Waals surface area contributed by atoms with Gasteiger partial charge in [0.05, 0.1) is 17.5 Å². The van der Waals surface area contributed by atoms with E-state index in [-0.39, 0.29) is 0 Å². The van der Waals surface area contributed by atoms with Crippen molar-refractivity contribution in [1.82, 2.24) is 9.97 Å². The summed E-state index contributed by atoms with van der Waals surface area (Å²) in [5, 5.41) is 1.47. The van der Waals surface area contributed by atoms with E-state index >= 15 is 0 Å². The van der Waals surface area contributed by atoms with Crippen LogP contribution in [-0.4, -0.2) is 17.1 Å². The Morgan fingerprint density at radius 2 is 2.00 bits per heavy atom. The molecule has 0 aliphatic rings. The third-order valence-electron chi connectivity index (χ3n) is 1.87. The number of hydrogen-bond donors (Lipinski definition) is 0. The van der Waals surface area contributed by atoms with E-state index in [0.717, 1.165) is 0 Å². The lowest BCUT2D eigenvalue weighted by Crippen LogP contribution is -1.90. The van der Waals surface area contributed by atoms with Gasteiger partial charge in [0.15, 0.2) is 0 Å². The Kier molecular flexibility index (Phi) is 2.44. The van der Waals surface area contributed by atoms with Crippen LogP contribution in [0.2, 0.25) is 10.2 Å². The zero-order valence-electron chi connectivity index (χ0n) is 7.29. The van der Waals surface area contributed by atoms with Gasteiger partial charge in [-0.3, -0.25) is 0 Å². The predicted molar refractivity (Wildman–Crippen MR) is 56.1 cm³/mol. The lowest BCUT2D eigenvalue weighted by molar-refractivity contribution is 0.419. The van der Waals surface area contributed by atoms with E-state index < -0.39 is 0 Å². The van der Waals surface area contributed by atoms with Crippen LogP contribution in [0.5, 0.6) is 5.75 Å². The van der Waals surface area contributed by atoms with Gasteiger partial charge in [-0.1, -0.05) is 23.2 Å². The van der Waals surface area contributed by atoms with E-state index in [1.165, 1.54) is 6.33 Å². The molecule has 0 atom stereocenters. The molecule has 3 nitrogen and oxygen atoms in total. The Bertz CT molecular complexity index is 479. The molecule has 0 aliphatic carbocycles. The van der Waals surface area contributed by atoms with Crippen LogP contribution in [0.15, 0.2) is 18.5 Å². The van der Waals surface area contributed by atoms with Gasteiger partial charge < -0.3 is 4.74 Å². The fourth-order valence-corrected chi connectivity index (χ4v) is 1.76. The van der Waals surface area contributed by atoms with Crippen molar-refractivity contribution in [3.8, 4) is 5.75 Å². The standard InChI is InChI=1S/C9H6Cl2N2O/c1-14-6-3-2-5(10)7-8(6)12-4-13-9(7)11/h2-4H,1H3. The van der Waals surface area contributed by atoms with Gasteiger partial charge in [0.2, 0.25) is 0 Å². The summed E-state index contributed by atoms with van der Waals surface area (Å²) < 4.78 is 5.13. The van der Waals surface area contributed by atoms with Crippen LogP contribution in [-0.2, 0) is 0 Å². The molecule has 0 bridgehead atoms. The third kappa shape index (κ3) is 1.38. The van der Waals surface area contributed by atoms with Crippen molar-refractivity contribution < 1.29 is 4.74 Å². The Labute approximate surface area is 90.6 Å². The van der Waals surface area contributed by atoms with Gasteiger partial charge in [-0.2, -0.15) is 0 Å². The van der Waals surface area contributed by atoms with Gasteiger partial charge in [-0.05, 0) is 12.1 Å². The van der Waals surface area contributed by atoms with Crippen molar-refractivity contribution in [2.75, 3.05) is 7.11 Å². The van der Waals surface area contributed by atoms with Crippen molar-refractivity contribution in [2.45, 2.75) is 0 Å². The van der Waals surface area contributed by atoms with Crippen molar-refractivity contribution in [1.29, 1.82) is 0 Å². The minimum atomic E-state index is 0.332. The minimum Gasteiger partial charge on any atom is -0.494 e. The lowest BCUT2D eigenvalue weighted by Gasteiger charge is -2.05. The number of halogens is 2. The van der Waals surface area contributed by atoms with Gasteiger partial charge >= 0.3 is 0 Å². The molecule has 0 aliphatic heterocycles. The topological polar surface area (TPSA) is 35.0 Å². The van der Waals surface area contributed by atoms with Crippen LogP contribution in [0.25, 0.3) is 10.9 Å². The first kappa shape index (κ1) is 9.49. The summed E-state index contributed by atoms with van der Waals surface area (Å²) >= 11 is 11.9. The number of benzene rings is 1. The predicted octanol–water partition coefficient (Wildman–Crippen LogP) is 2.95. The van der Waals surface area contributed by atoms with E-state index in [0.29, 0.717) is 26.8 Å². The van der Waals surface area contributed by atoms with E-state index in [4.69, 9.17) is 27.9 Å². The molecule has 0 fully saturated rings. The second-order valence-electron chi connectivity index (χ2n) is 2.64. The SMILES string of the molecule is COc1ccc(Cl)c2c(Cl)ncnc12. The van der Waals surface area contributed by atoms with Gasteiger partial charge in [-0.15, -0.1) is 0 Å². The Morgan fingerprint density at radius 1 is 1.21 bits per heavy atom. The first-order valence-corrected chi connectivity index (χ1v) is 4.62. The second-order valence-corrected chi connectivity index (χ2v) is 3.40. The number of methoxy groups -OCH3 is 1. The summed E-state index contributed by atoms with van der Waals surface area (Å²) in [5.74, 6) is 0.633. The van der Waals surface area contributed by atoms with E-state index in [2.05, 4.69) is 9.97 Å². The molecule has 0 radical (unpaired) electrons. The highest BCUT2D eigenvalue weighted by molar-refractivity contribution is 6.41. The molecule has 1 aromatic heterocycles. The Morgan fingerprint density at radius 3 is 2.71 bits per heavy atom. The molecule has 0 N–H and O–H groups in total. The molecule has 2 rings (SSSR count). The fourth-order valence-electron chi connectivity index (χ4n) is 1.24. The summed E-state index contributed by atoms with van der Waals surface area (Å²) in [6.07, 6.45) is 1.38. The van der Waals surface area contributed by atoms with E-state index in [1.807, 2.05) is 0 Å². The quantitative estimate of drug-likeness (QED) is 0.705. The molecule has 1 heterocycles. The highest BCUT2D eigenvalue weighted by atomic mass is 35.5. The molecular weight excluding hydrogens is 223 g/mol. The monoisotopic (exact) mass is 228 g/mol. The average molecular weight is 229 g/mol. The maximum absolute atomic E-state index is 5.97. The number of hydrogen-bond acceptors (Lipinski definition) is 3. The van der Waals surface area contributed by atoms with Crippen molar-refractivity contribution in [2.24, 2.45) is 0 Å². The van der Waals surface area contributed by atoms with Crippen LogP contribution in [0, 0.1) is 0 Å². The zero-order chi connectivity index (χ0) is 10.1. The van der Waals surface area contributed by atoms with Crippen LogP contribution < -0.4 is 4.74 Å². The highest BCUT2D eigenvalue weighted by Gasteiger charge is 2.09. The molecule has 0 amide bonds. The lowest BCUT2D eigenvalue weighted by atomic mass is 10.2. The normalized spacial score (nSPS) is 10.5. The molecule has 2 aromatic rings. The number of fused-ring (bicyclic) bond motifs is 1. The molecule has 0 spiro atoms. The van der Waals surface area contributed by atoms with Gasteiger partial charge in [-0.25, -0.2) is 9.97 Å². The first-order chi connectivity index (χ1) is 6.74. The van der Waals surface area contributed by atoms with Gasteiger partial charge in [0.25, 0.3) is 0 Å². The smallest absolute Gasteiger partial charge is 0.145 e. The largest absolute Gasteiger partial charge is 0.494 e. The Hall–Kier alpha value is -1.06. The average Bonchev–Trinajstić information content (AvgIpc) is 2.18. The maximum atomic E-state index is 5.97. The number of rotatable bonds is 1. The molecule has 0 saturated carbocycles. The summed E-state index contributed by atoms with van der Waals surface area (Å²) in [7, 11) is 1.57. The molecule has 14 heavy (non-hydrogen) atoms. The van der Waals surface area contributed by atoms with Gasteiger partial charge in [0, 0.05) is 0 Å². The number of ether oxygens (including phenoxy) is 1. The number of nitrogens with zero attached hydrogens (tertiary/aromatic N) is 2. The van der Waals surface area contributed by atoms with E-state index in [9.17, 15) is 0 Å². The van der Waals surface area contributed by atoms with Crippen molar-refractivity contribution >= 4 is 34.1 Å². The molecule has 1 aromatic carbocycles. The summed E-state index contributed by atoms with van der Waals surface area (Å²) in [6, 6.07) is 3.45. The highest BCUT2D eigenvalue weighted by Crippen LogP contribution is 2.32. The van der Waals surface area contributed by atoms with Crippen molar-refractivity contribution in [3.63, 3.8) is 0 Å². The third-order valence-corrected chi connectivity index (χ3v) is 2.48. The molecule has 5 heteroatoms. The first-order valence-electron chi connectivity index (χ1n) is 3.86. The van der Waals surface area contributed by atoms with Crippen LogP contribution >= 0.6 is 23.2 Å². The fraction of sp³-hybridized carbons (Fsp3) is 0.111. The van der Waals surface area contributed by atoms with Gasteiger partial charge in [0.1, 0.15) is 22.7 Å². The van der Waals surface area contributed by atoms with Crippen molar-refractivity contribution in [3.05, 3.63) is 28.6 Å². The second kappa shape index (κ2) is 3.59. The maximum Gasteiger partial charge on any atom is 0.145 e. The molecule has 0 saturated heterocycles. The summed E-state index contributed by atoms with van der Waals surface area (Å²) in [5.41, 5.74) is 0.625. The van der Waals surface area contributed by atoms with Crippen LogP contribution in [0.3, 0.4) is 0 Å². The summed E-state index contributed by atoms with van der Waals surface area (Å²) in [4.78, 5) is 7.93. The van der Waals surface area contributed by atoms with Crippen LogP contribution in [0.1, 0.15) is 0 Å². The van der Waals surface area contributed by atoms with Crippen LogP contribution in [0.4, 0.5) is 0 Å². The Balaban J connectivity index is 2.91. The minimum absolute atomic E-state index is 0.332. The molecule has 0 unspecified atom stereocenters. The zero-order valence-corrected chi connectivity index (χ0v) is 8.80. The molecule has 72 valence electrons. The number of aromatic nitrogens is 2. The van der Waals surface area contributed by atoms with E-state index in [1.54, 1.807) is 19.2 Å².